The molecule has 0 spiro atoms. The van der Waals surface area contributed by atoms with Crippen molar-refractivity contribution in [2.45, 2.75) is 19.5 Å². The number of thiophene rings is 1. The summed E-state index contributed by atoms with van der Waals surface area (Å²) in [6.07, 6.45) is 0. The fourth-order valence-electron chi connectivity index (χ4n) is 1.44. The molecule has 5 heteroatoms. The van der Waals surface area contributed by atoms with E-state index in [1.807, 2.05) is 0 Å². The van der Waals surface area contributed by atoms with E-state index in [1.54, 1.807) is 23.1 Å². The first-order valence-corrected chi connectivity index (χ1v) is 6.97. The van der Waals surface area contributed by atoms with E-state index >= 15 is 0 Å². The Bertz CT molecular complexity index is 345. The van der Waals surface area contributed by atoms with Gasteiger partial charge < -0.3 is 5.32 Å². The van der Waals surface area contributed by atoms with Gasteiger partial charge >= 0.3 is 0 Å². The van der Waals surface area contributed by atoms with Gasteiger partial charge in [-0.25, -0.2) is 0 Å². The second-order valence-electron chi connectivity index (χ2n) is 3.57. The summed E-state index contributed by atoms with van der Waals surface area (Å²) in [4.78, 5) is 11.7. The van der Waals surface area contributed by atoms with Crippen molar-refractivity contribution in [3.63, 3.8) is 0 Å². The standard InChI is InChI=1S/C10H14N2OS2/c1-7-3-14-4-8(7)2-11-10(13)9-5-15-6-12-9/h3-4,9,12H,2,5-6H2,1H3,(H,11,13). The summed E-state index contributed by atoms with van der Waals surface area (Å²) in [6.45, 7) is 2.72. The van der Waals surface area contributed by atoms with Crippen LogP contribution >= 0.6 is 23.1 Å². The summed E-state index contributed by atoms with van der Waals surface area (Å²) in [5.74, 6) is 1.88. The molecule has 3 nitrogen and oxygen atoms in total. The largest absolute Gasteiger partial charge is 0.351 e. The Morgan fingerprint density at radius 2 is 2.53 bits per heavy atom. The minimum absolute atomic E-state index is 0.00561. The zero-order chi connectivity index (χ0) is 10.7. The molecule has 1 aromatic heterocycles. The summed E-state index contributed by atoms with van der Waals surface area (Å²) in [5, 5.41) is 10.3. The number of carbonyl (C=O) groups is 1. The topological polar surface area (TPSA) is 41.1 Å². The second kappa shape index (κ2) is 5.01. The summed E-state index contributed by atoms with van der Waals surface area (Å²) < 4.78 is 0. The molecule has 2 N–H and O–H groups in total. The molecule has 1 atom stereocenters. The molecular weight excluding hydrogens is 228 g/mol. The van der Waals surface area contributed by atoms with Crippen LogP contribution < -0.4 is 10.6 Å². The van der Waals surface area contributed by atoms with Gasteiger partial charge in [-0.3, -0.25) is 10.1 Å². The third kappa shape index (κ3) is 2.74. The molecule has 0 aromatic carbocycles. The summed E-state index contributed by atoms with van der Waals surface area (Å²) >= 11 is 3.45. The van der Waals surface area contributed by atoms with Gasteiger partial charge in [0.15, 0.2) is 0 Å². The van der Waals surface area contributed by atoms with Crippen molar-refractivity contribution in [2.75, 3.05) is 11.6 Å². The molecule has 15 heavy (non-hydrogen) atoms. The van der Waals surface area contributed by atoms with Crippen molar-refractivity contribution in [1.82, 2.24) is 10.6 Å². The highest BCUT2D eigenvalue weighted by molar-refractivity contribution is 7.99. The highest BCUT2D eigenvalue weighted by Gasteiger charge is 2.21. The van der Waals surface area contributed by atoms with E-state index < -0.39 is 0 Å². The van der Waals surface area contributed by atoms with Gasteiger partial charge in [-0.1, -0.05) is 0 Å². The monoisotopic (exact) mass is 242 g/mol. The third-order valence-corrected chi connectivity index (χ3v) is 4.30. The van der Waals surface area contributed by atoms with Crippen LogP contribution in [0.25, 0.3) is 0 Å². The van der Waals surface area contributed by atoms with Crippen LogP contribution in [0.2, 0.25) is 0 Å². The Kier molecular flexibility index (Phi) is 3.66. The number of nitrogens with one attached hydrogen (secondary N) is 2. The van der Waals surface area contributed by atoms with Crippen LogP contribution in [0.15, 0.2) is 10.8 Å². The molecule has 0 saturated carbocycles. The summed E-state index contributed by atoms with van der Waals surface area (Å²) in [7, 11) is 0. The van der Waals surface area contributed by atoms with Crippen molar-refractivity contribution in [2.24, 2.45) is 0 Å². The molecule has 1 aromatic rings. The average Bonchev–Trinajstić information content (AvgIpc) is 2.85. The molecule has 0 aliphatic carbocycles. The second-order valence-corrected chi connectivity index (χ2v) is 5.34. The van der Waals surface area contributed by atoms with E-state index in [-0.39, 0.29) is 11.9 Å². The van der Waals surface area contributed by atoms with Gasteiger partial charge in [0.1, 0.15) is 0 Å². The molecule has 2 rings (SSSR count). The van der Waals surface area contributed by atoms with E-state index in [0.717, 1.165) is 11.6 Å². The zero-order valence-electron chi connectivity index (χ0n) is 8.58. The van der Waals surface area contributed by atoms with Crippen LogP contribution in [0, 0.1) is 6.92 Å². The first kappa shape index (κ1) is 11.0. The Morgan fingerprint density at radius 1 is 1.67 bits per heavy atom. The molecule has 2 heterocycles. The highest BCUT2D eigenvalue weighted by Crippen LogP contribution is 2.14. The summed E-state index contributed by atoms with van der Waals surface area (Å²) in [5.41, 5.74) is 2.48. The maximum Gasteiger partial charge on any atom is 0.238 e. The SMILES string of the molecule is Cc1cscc1CNC(=O)C1CSCN1. The van der Waals surface area contributed by atoms with E-state index in [1.165, 1.54) is 11.1 Å². The molecule has 1 unspecified atom stereocenters. The fourth-order valence-corrected chi connectivity index (χ4v) is 3.24. The molecule has 1 fully saturated rings. The Labute approximate surface area is 97.6 Å². The van der Waals surface area contributed by atoms with Crippen LogP contribution in [0.5, 0.6) is 0 Å². The molecular formula is C10H14N2OS2. The average molecular weight is 242 g/mol. The highest BCUT2D eigenvalue weighted by atomic mass is 32.2. The van der Waals surface area contributed by atoms with Gasteiger partial charge in [0, 0.05) is 18.2 Å². The number of hydrogen-bond acceptors (Lipinski definition) is 4. The lowest BCUT2D eigenvalue weighted by Crippen LogP contribution is -2.41. The predicted octanol–water partition coefficient (Wildman–Crippen LogP) is 1.34. The molecule has 1 aliphatic heterocycles. The molecule has 1 amide bonds. The van der Waals surface area contributed by atoms with Gasteiger partial charge in [-0.15, -0.1) is 11.8 Å². The lowest BCUT2D eigenvalue weighted by Gasteiger charge is -2.10. The minimum atomic E-state index is -0.00561. The van der Waals surface area contributed by atoms with Gasteiger partial charge in [-0.2, -0.15) is 11.3 Å². The van der Waals surface area contributed by atoms with Crippen molar-refractivity contribution in [3.8, 4) is 0 Å². The van der Waals surface area contributed by atoms with E-state index in [2.05, 4.69) is 28.3 Å². The zero-order valence-corrected chi connectivity index (χ0v) is 10.2. The number of carbonyl (C=O) groups excluding carboxylic acids is 1. The predicted molar refractivity (Wildman–Crippen MR) is 65.2 cm³/mol. The van der Waals surface area contributed by atoms with E-state index in [4.69, 9.17) is 0 Å². The molecule has 1 aliphatic rings. The Morgan fingerprint density at radius 3 is 3.13 bits per heavy atom. The normalized spacial score (nSPS) is 20.5. The van der Waals surface area contributed by atoms with Gasteiger partial charge in [0.05, 0.1) is 6.04 Å². The number of aryl methyl sites for hydroxylation is 1. The van der Waals surface area contributed by atoms with Gasteiger partial charge in [0.2, 0.25) is 5.91 Å². The maximum atomic E-state index is 11.7. The maximum absolute atomic E-state index is 11.7. The minimum Gasteiger partial charge on any atom is -0.351 e. The summed E-state index contributed by atoms with van der Waals surface area (Å²) in [6, 6.07) is -0.00561. The fraction of sp³-hybridized carbons (Fsp3) is 0.500. The molecule has 0 radical (unpaired) electrons. The first-order valence-electron chi connectivity index (χ1n) is 4.88. The number of thioether (sulfide) groups is 1. The van der Waals surface area contributed by atoms with Crippen molar-refractivity contribution in [1.29, 1.82) is 0 Å². The van der Waals surface area contributed by atoms with Crippen LogP contribution in [0.4, 0.5) is 0 Å². The van der Waals surface area contributed by atoms with Crippen LogP contribution in [-0.4, -0.2) is 23.6 Å². The van der Waals surface area contributed by atoms with Crippen LogP contribution in [0.1, 0.15) is 11.1 Å². The lowest BCUT2D eigenvalue weighted by atomic mass is 10.2. The van der Waals surface area contributed by atoms with Crippen molar-refractivity contribution in [3.05, 3.63) is 21.9 Å². The van der Waals surface area contributed by atoms with Crippen LogP contribution in [0.3, 0.4) is 0 Å². The number of hydrogen-bond donors (Lipinski definition) is 2. The number of rotatable bonds is 3. The van der Waals surface area contributed by atoms with Crippen molar-refractivity contribution < 1.29 is 4.79 Å². The molecule has 82 valence electrons. The molecule has 1 saturated heterocycles. The van der Waals surface area contributed by atoms with Gasteiger partial charge in [-0.05, 0) is 28.8 Å². The van der Waals surface area contributed by atoms with E-state index in [9.17, 15) is 4.79 Å². The first-order chi connectivity index (χ1) is 7.27. The quantitative estimate of drug-likeness (QED) is 0.840. The third-order valence-electron chi connectivity index (χ3n) is 2.45. The molecule has 0 bridgehead atoms. The van der Waals surface area contributed by atoms with Crippen molar-refractivity contribution >= 4 is 29.0 Å². The van der Waals surface area contributed by atoms with E-state index in [0.29, 0.717) is 6.54 Å². The smallest absolute Gasteiger partial charge is 0.238 e. The number of amides is 1. The van der Waals surface area contributed by atoms with Crippen LogP contribution in [-0.2, 0) is 11.3 Å². The Balaban J connectivity index is 1.83. The Hall–Kier alpha value is -0.520. The van der Waals surface area contributed by atoms with Gasteiger partial charge in [0.25, 0.3) is 0 Å². The lowest BCUT2D eigenvalue weighted by molar-refractivity contribution is -0.122.